The van der Waals surface area contributed by atoms with E-state index in [9.17, 15) is 22.8 Å². The summed E-state index contributed by atoms with van der Waals surface area (Å²) in [6, 6.07) is 3.32. The number of nitrogens with one attached hydrogen (secondary N) is 1. The molecule has 3 rings (SSSR count). The Hall–Kier alpha value is -2.84. The number of nitrogens with zero attached hydrogens (tertiary/aromatic N) is 2. The van der Waals surface area contributed by atoms with Crippen molar-refractivity contribution in [2.24, 2.45) is 0 Å². The number of alkyl halides is 3. The van der Waals surface area contributed by atoms with Gasteiger partial charge in [-0.3, -0.25) is 14.6 Å². The van der Waals surface area contributed by atoms with E-state index in [-0.39, 0.29) is 17.5 Å². The number of furan rings is 1. The minimum atomic E-state index is -4.54. The molecule has 0 saturated carbocycles. The van der Waals surface area contributed by atoms with Gasteiger partial charge in [-0.1, -0.05) is 0 Å². The quantitative estimate of drug-likeness (QED) is 0.905. The molecule has 0 aliphatic carbocycles. The first-order valence-electron chi connectivity index (χ1n) is 8.00. The molecule has 1 aliphatic heterocycles. The molecule has 1 saturated heterocycles. The fourth-order valence-corrected chi connectivity index (χ4v) is 2.76. The van der Waals surface area contributed by atoms with Crippen LogP contribution in [0.25, 0.3) is 0 Å². The molecule has 6 nitrogen and oxygen atoms in total. The summed E-state index contributed by atoms with van der Waals surface area (Å²) in [5, 5.41) is 2.77. The second-order valence-electron chi connectivity index (χ2n) is 5.98. The lowest BCUT2D eigenvalue weighted by Gasteiger charge is -2.32. The van der Waals surface area contributed by atoms with E-state index in [1.807, 2.05) is 0 Å². The molecular weight excluding hydrogens is 351 g/mol. The van der Waals surface area contributed by atoms with Crippen molar-refractivity contribution < 1.29 is 27.2 Å². The molecule has 1 aliphatic rings. The van der Waals surface area contributed by atoms with Gasteiger partial charge in [0, 0.05) is 25.3 Å². The van der Waals surface area contributed by atoms with Crippen molar-refractivity contribution in [1.29, 1.82) is 0 Å². The predicted octanol–water partition coefficient (Wildman–Crippen LogP) is 2.73. The van der Waals surface area contributed by atoms with E-state index < -0.39 is 17.8 Å². The average Bonchev–Trinajstić information content (AvgIpc) is 3.16. The zero-order valence-electron chi connectivity index (χ0n) is 13.6. The molecule has 138 valence electrons. The molecule has 26 heavy (non-hydrogen) atoms. The number of hydrogen-bond donors (Lipinski definition) is 1. The highest BCUT2D eigenvalue weighted by Crippen LogP contribution is 2.27. The lowest BCUT2D eigenvalue weighted by atomic mass is 10.0. The fraction of sp³-hybridized carbons (Fsp3) is 0.353. The van der Waals surface area contributed by atoms with Crippen molar-refractivity contribution in [2.75, 3.05) is 13.1 Å². The van der Waals surface area contributed by atoms with Crippen LogP contribution >= 0.6 is 0 Å². The lowest BCUT2D eigenvalue weighted by Crippen LogP contribution is -2.46. The van der Waals surface area contributed by atoms with Crippen molar-refractivity contribution in [3.63, 3.8) is 0 Å². The molecule has 2 aromatic heterocycles. The summed E-state index contributed by atoms with van der Waals surface area (Å²) < 4.78 is 42.4. The number of halogens is 3. The maximum Gasteiger partial charge on any atom is 0.433 e. The summed E-state index contributed by atoms with van der Waals surface area (Å²) in [7, 11) is 0. The Labute approximate surface area is 147 Å². The Morgan fingerprint density at radius 3 is 2.42 bits per heavy atom. The molecule has 0 spiro atoms. The number of pyridine rings is 1. The second kappa shape index (κ2) is 7.19. The number of rotatable bonds is 3. The van der Waals surface area contributed by atoms with Crippen LogP contribution in [0, 0.1) is 0 Å². The number of hydrogen-bond acceptors (Lipinski definition) is 4. The maximum absolute atomic E-state index is 12.5. The highest BCUT2D eigenvalue weighted by atomic mass is 19.4. The Balaban J connectivity index is 1.53. The minimum Gasteiger partial charge on any atom is -0.472 e. The van der Waals surface area contributed by atoms with Gasteiger partial charge in [0.05, 0.1) is 17.4 Å². The Bertz CT molecular complexity index is 765. The summed E-state index contributed by atoms with van der Waals surface area (Å²) in [6.45, 7) is 0.945. The van der Waals surface area contributed by atoms with Crippen LogP contribution in [-0.2, 0) is 6.18 Å². The molecule has 2 aromatic rings. The average molecular weight is 367 g/mol. The van der Waals surface area contributed by atoms with Crippen LogP contribution in [0.2, 0.25) is 0 Å². The van der Waals surface area contributed by atoms with Gasteiger partial charge in [0.2, 0.25) is 0 Å². The summed E-state index contributed by atoms with van der Waals surface area (Å²) in [5.41, 5.74) is -0.502. The number of aromatic nitrogens is 1. The van der Waals surface area contributed by atoms with E-state index in [4.69, 9.17) is 4.42 Å². The Morgan fingerprint density at radius 1 is 1.15 bits per heavy atom. The first-order chi connectivity index (χ1) is 12.3. The van der Waals surface area contributed by atoms with Crippen LogP contribution in [0.1, 0.15) is 39.3 Å². The first-order valence-corrected chi connectivity index (χ1v) is 8.00. The second-order valence-corrected chi connectivity index (χ2v) is 5.98. The molecule has 0 bridgehead atoms. The number of carbonyl (C=O) groups is 2. The van der Waals surface area contributed by atoms with Gasteiger partial charge >= 0.3 is 6.18 Å². The normalized spacial score (nSPS) is 15.7. The third kappa shape index (κ3) is 4.04. The third-order valence-electron chi connectivity index (χ3n) is 4.20. The van der Waals surface area contributed by atoms with Crippen molar-refractivity contribution >= 4 is 11.8 Å². The smallest absolute Gasteiger partial charge is 0.433 e. The largest absolute Gasteiger partial charge is 0.472 e. The highest BCUT2D eigenvalue weighted by molar-refractivity contribution is 5.94. The highest BCUT2D eigenvalue weighted by Gasteiger charge is 2.32. The zero-order valence-corrected chi connectivity index (χ0v) is 13.6. The van der Waals surface area contributed by atoms with E-state index in [1.165, 1.54) is 12.5 Å². The Kier molecular flexibility index (Phi) is 4.97. The summed E-state index contributed by atoms with van der Waals surface area (Å²) in [6.07, 6.45) is 0.304. The lowest BCUT2D eigenvalue weighted by molar-refractivity contribution is -0.141. The molecule has 9 heteroatoms. The van der Waals surface area contributed by atoms with Crippen molar-refractivity contribution in [1.82, 2.24) is 15.2 Å². The summed E-state index contributed by atoms with van der Waals surface area (Å²) in [4.78, 5) is 29.3. The Morgan fingerprint density at radius 2 is 1.88 bits per heavy atom. The maximum atomic E-state index is 12.5. The number of likely N-dealkylation sites (tertiary alicyclic amines) is 1. The van der Waals surface area contributed by atoms with Gasteiger partial charge < -0.3 is 14.6 Å². The summed E-state index contributed by atoms with van der Waals surface area (Å²) in [5.74, 6) is -0.610. The van der Waals surface area contributed by atoms with E-state index in [0.29, 0.717) is 31.5 Å². The summed E-state index contributed by atoms with van der Waals surface area (Å²) >= 11 is 0. The van der Waals surface area contributed by atoms with Gasteiger partial charge in [0.1, 0.15) is 12.0 Å². The van der Waals surface area contributed by atoms with Crippen LogP contribution < -0.4 is 5.32 Å². The van der Waals surface area contributed by atoms with Gasteiger partial charge in [-0.2, -0.15) is 13.2 Å². The molecule has 1 N–H and O–H groups in total. The fourth-order valence-electron chi connectivity index (χ4n) is 2.76. The first kappa shape index (κ1) is 18.0. The number of piperidine rings is 1. The topological polar surface area (TPSA) is 75.4 Å². The van der Waals surface area contributed by atoms with Crippen LogP contribution in [-0.4, -0.2) is 40.8 Å². The molecule has 0 aromatic carbocycles. The van der Waals surface area contributed by atoms with Gasteiger partial charge in [0.15, 0.2) is 0 Å². The van der Waals surface area contributed by atoms with Crippen LogP contribution in [0.15, 0.2) is 41.3 Å². The molecule has 0 atom stereocenters. The monoisotopic (exact) mass is 367 g/mol. The van der Waals surface area contributed by atoms with Gasteiger partial charge in [-0.05, 0) is 31.0 Å². The standard InChI is InChI=1S/C17H16F3N3O3/c18-17(19,20)14-2-1-11(9-21-14)15(24)22-13-3-6-23(7-4-13)16(25)12-5-8-26-10-12/h1-2,5,8-10,13H,3-4,6-7H2,(H,22,24). The molecular formula is C17H16F3N3O3. The van der Waals surface area contributed by atoms with Crippen molar-refractivity contribution in [3.8, 4) is 0 Å². The predicted molar refractivity (Wildman–Crippen MR) is 84.3 cm³/mol. The minimum absolute atomic E-state index is 0.0647. The van der Waals surface area contributed by atoms with E-state index in [0.717, 1.165) is 18.3 Å². The number of carbonyl (C=O) groups excluding carboxylic acids is 2. The van der Waals surface area contributed by atoms with E-state index in [1.54, 1.807) is 11.0 Å². The van der Waals surface area contributed by atoms with Crippen molar-refractivity contribution in [3.05, 3.63) is 53.7 Å². The van der Waals surface area contributed by atoms with Gasteiger partial charge in [-0.25, -0.2) is 0 Å². The molecule has 0 unspecified atom stereocenters. The van der Waals surface area contributed by atoms with Crippen LogP contribution in [0.4, 0.5) is 13.2 Å². The third-order valence-corrected chi connectivity index (χ3v) is 4.20. The van der Waals surface area contributed by atoms with E-state index in [2.05, 4.69) is 10.3 Å². The molecule has 3 heterocycles. The van der Waals surface area contributed by atoms with Crippen LogP contribution in [0.3, 0.4) is 0 Å². The SMILES string of the molecule is O=C(NC1CCN(C(=O)c2ccoc2)CC1)c1ccc(C(F)(F)F)nc1. The molecule has 1 fully saturated rings. The van der Waals surface area contributed by atoms with Crippen LogP contribution in [0.5, 0.6) is 0 Å². The molecule has 0 radical (unpaired) electrons. The van der Waals surface area contributed by atoms with Gasteiger partial charge in [0.25, 0.3) is 11.8 Å². The zero-order chi connectivity index (χ0) is 18.7. The number of amides is 2. The van der Waals surface area contributed by atoms with Gasteiger partial charge in [-0.15, -0.1) is 0 Å². The van der Waals surface area contributed by atoms with Crippen molar-refractivity contribution in [2.45, 2.75) is 25.1 Å². The van der Waals surface area contributed by atoms with E-state index >= 15 is 0 Å². The molecule has 2 amide bonds.